The van der Waals surface area contributed by atoms with E-state index in [1.807, 2.05) is 38.1 Å². The summed E-state index contributed by atoms with van der Waals surface area (Å²) >= 11 is 5.77. The van der Waals surface area contributed by atoms with Crippen molar-refractivity contribution in [2.75, 3.05) is 31.5 Å². The first-order valence-electron chi connectivity index (χ1n) is 10.5. The molecule has 4 rings (SSSR count). The Labute approximate surface area is 191 Å². The standard InChI is InChI=1S/C23H25ClFN5O2/c1-15-5-3-4-6-18(15)22-27-21(32-28-22)14-29-9-11-30(12-10-29)16(2)23(31)26-20-8-7-17(24)13-19(20)25/h3-8,13,16H,9-12,14H2,1-2H3,(H,26,31). The highest BCUT2D eigenvalue weighted by atomic mass is 35.5. The molecule has 0 aliphatic carbocycles. The molecule has 2 aromatic carbocycles. The second kappa shape index (κ2) is 9.77. The number of aryl methyl sites for hydroxylation is 1. The molecule has 0 bridgehead atoms. The smallest absolute Gasteiger partial charge is 0.241 e. The van der Waals surface area contributed by atoms with Gasteiger partial charge in [-0.25, -0.2) is 4.39 Å². The molecule has 1 N–H and O–H groups in total. The van der Waals surface area contributed by atoms with E-state index in [1.54, 1.807) is 6.07 Å². The van der Waals surface area contributed by atoms with E-state index in [1.165, 1.54) is 12.1 Å². The molecule has 1 saturated heterocycles. The van der Waals surface area contributed by atoms with Gasteiger partial charge in [0.1, 0.15) is 5.82 Å². The molecule has 1 aliphatic heterocycles. The van der Waals surface area contributed by atoms with E-state index in [-0.39, 0.29) is 22.7 Å². The molecule has 9 heteroatoms. The monoisotopic (exact) mass is 457 g/mol. The zero-order valence-corrected chi connectivity index (χ0v) is 18.8. The molecule has 1 amide bonds. The summed E-state index contributed by atoms with van der Waals surface area (Å²) in [6, 6.07) is 11.7. The first kappa shape index (κ1) is 22.4. The number of carbonyl (C=O) groups is 1. The van der Waals surface area contributed by atoms with Gasteiger partial charge in [0.05, 0.1) is 18.3 Å². The Morgan fingerprint density at radius 2 is 1.97 bits per heavy atom. The fourth-order valence-corrected chi connectivity index (χ4v) is 3.90. The van der Waals surface area contributed by atoms with Gasteiger partial charge in [-0.05, 0) is 37.6 Å². The van der Waals surface area contributed by atoms with Crippen LogP contribution in [0.2, 0.25) is 5.02 Å². The Bertz CT molecular complexity index is 1100. The van der Waals surface area contributed by atoms with Gasteiger partial charge in [0.15, 0.2) is 0 Å². The van der Waals surface area contributed by atoms with Crippen LogP contribution >= 0.6 is 11.6 Å². The van der Waals surface area contributed by atoms with E-state index in [0.717, 1.165) is 24.2 Å². The number of piperazine rings is 1. The van der Waals surface area contributed by atoms with Gasteiger partial charge >= 0.3 is 0 Å². The van der Waals surface area contributed by atoms with Crippen LogP contribution in [-0.4, -0.2) is 58.1 Å². The lowest BCUT2D eigenvalue weighted by Crippen LogP contribution is -2.52. The van der Waals surface area contributed by atoms with Crippen LogP contribution in [0.1, 0.15) is 18.4 Å². The van der Waals surface area contributed by atoms with E-state index in [9.17, 15) is 9.18 Å². The fourth-order valence-electron chi connectivity index (χ4n) is 3.75. The minimum absolute atomic E-state index is 0.130. The van der Waals surface area contributed by atoms with Crippen LogP contribution in [0.25, 0.3) is 11.4 Å². The lowest BCUT2D eigenvalue weighted by molar-refractivity contribution is -0.121. The predicted molar refractivity (Wildman–Crippen MR) is 121 cm³/mol. The SMILES string of the molecule is Cc1ccccc1-c1noc(CN2CCN(C(C)C(=O)Nc3ccc(Cl)cc3F)CC2)n1. The molecule has 3 aromatic rings. The van der Waals surface area contributed by atoms with Crippen LogP contribution in [-0.2, 0) is 11.3 Å². The Balaban J connectivity index is 1.29. The Hall–Kier alpha value is -2.81. The van der Waals surface area contributed by atoms with Crippen molar-refractivity contribution in [1.82, 2.24) is 19.9 Å². The van der Waals surface area contributed by atoms with Crippen molar-refractivity contribution < 1.29 is 13.7 Å². The third-order valence-electron chi connectivity index (χ3n) is 5.74. The normalized spacial score (nSPS) is 16.1. The number of benzene rings is 2. The van der Waals surface area contributed by atoms with Gasteiger partial charge in [0.2, 0.25) is 17.6 Å². The molecule has 1 aliphatic rings. The molecule has 0 radical (unpaired) electrons. The van der Waals surface area contributed by atoms with Crippen LogP contribution in [0.4, 0.5) is 10.1 Å². The zero-order chi connectivity index (χ0) is 22.7. The summed E-state index contributed by atoms with van der Waals surface area (Å²) < 4.78 is 19.4. The van der Waals surface area contributed by atoms with Crippen molar-refractivity contribution in [3.63, 3.8) is 0 Å². The first-order valence-corrected chi connectivity index (χ1v) is 10.9. The van der Waals surface area contributed by atoms with Crippen molar-refractivity contribution in [2.45, 2.75) is 26.4 Å². The quantitative estimate of drug-likeness (QED) is 0.603. The number of hydrogen-bond acceptors (Lipinski definition) is 6. The predicted octanol–water partition coefficient (Wildman–Crippen LogP) is 3.98. The zero-order valence-electron chi connectivity index (χ0n) is 18.0. The summed E-state index contributed by atoms with van der Waals surface area (Å²) in [6.45, 7) is 7.33. The molecule has 0 spiro atoms. The molecule has 168 valence electrons. The van der Waals surface area contributed by atoms with Crippen molar-refractivity contribution in [1.29, 1.82) is 0 Å². The Morgan fingerprint density at radius 3 is 2.69 bits per heavy atom. The minimum atomic E-state index is -0.549. The number of halogens is 2. The molecule has 32 heavy (non-hydrogen) atoms. The summed E-state index contributed by atoms with van der Waals surface area (Å²) in [7, 11) is 0. The van der Waals surface area contributed by atoms with E-state index in [0.29, 0.717) is 31.3 Å². The van der Waals surface area contributed by atoms with Crippen molar-refractivity contribution in [2.24, 2.45) is 0 Å². The highest BCUT2D eigenvalue weighted by Crippen LogP contribution is 2.21. The summed E-state index contributed by atoms with van der Waals surface area (Å²) in [5.41, 5.74) is 2.19. The molecule has 7 nitrogen and oxygen atoms in total. The number of aromatic nitrogens is 2. The molecule has 1 aromatic heterocycles. The van der Waals surface area contributed by atoms with Crippen molar-refractivity contribution in [3.8, 4) is 11.4 Å². The molecule has 1 fully saturated rings. The lowest BCUT2D eigenvalue weighted by Gasteiger charge is -2.36. The summed E-state index contributed by atoms with van der Waals surface area (Å²) in [4.78, 5) is 21.4. The van der Waals surface area contributed by atoms with Crippen molar-refractivity contribution >= 4 is 23.2 Å². The van der Waals surface area contributed by atoms with Gasteiger partial charge < -0.3 is 9.84 Å². The fraction of sp³-hybridized carbons (Fsp3) is 0.348. The number of nitrogens with one attached hydrogen (secondary N) is 1. The van der Waals surface area contributed by atoms with Gasteiger partial charge in [-0.1, -0.05) is 41.0 Å². The second-order valence-corrected chi connectivity index (χ2v) is 8.36. The van der Waals surface area contributed by atoms with E-state index in [2.05, 4.69) is 25.3 Å². The number of amides is 1. The molecule has 1 atom stereocenters. The topological polar surface area (TPSA) is 74.5 Å². The number of anilines is 1. The van der Waals surface area contributed by atoms with Crippen LogP contribution in [0.5, 0.6) is 0 Å². The van der Waals surface area contributed by atoms with Crippen molar-refractivity contribution in [3.05, 3.63) is 64.8 Å². The Morgan fingerprint density at radius 1 is 1.22 bits per heavy atom. The van der Waals surface area contributed by atoms with Crippen LogP contribution in [0, 0.1) is 12.7 Å². The highest BCUT2D eigenvalue weighted by molar-refractivity contribution is 6.30. The van der Waals surface area contributed by atoms with E-state index in [4.69, 9.17) is 16.1 Å². The van der Waals surface area contributed by atoms with E-state index < -0.39 is 5.82 Å². The molecule has 0 saturated carbocycles. The second-order valence-electron chi connectivity index (χ2n) is 7.93. The van der Waals surface area contributed by atoms with Crippen LogP contribution in [0.3, 0.4) is 0 Å². The third-order valence-corrected chi connectivity index (χ3v) is 5.97. The van der Waals surface area contributed by atoms with E-state index >= 15 is 0 Å². The third kappa shape index (κ3) is 5.15. The molecule has 1 unspecified atom stereocenters. The average molecular weight is 458 g/mol. The number of carbonyl (C=O) groups excluding carboxylic acids is 1. The largest absolute Gasteiger partial charge is 0.338 e. The maximum absolute atomic E-state index is 14.0. The number of rotatable bonds is 6. The maximum atomic E-state index is 14.0. The summed E-state index contributed by atoms with van der Waals surface area (Å²) in [5.74, 6) is 0.365. The minimum Gasteiger partial charge on any atom is -0.338 e. The molecular weight excluding hydrogens is 433 g/mol. The van der Waals surface area contributed by atoms with Gasteiger partial charge in [0, 0.05) is 36.8 Å². The van der Waals surface area contributed by atoms with Gasteiger partial charge in [-0.15, -0.1) is 0 Å². The molecular formula is C23H25ClFN5O2. The Kier molecular flexibility index (Phi) is 6.83. The maximum Gasteiger partial charge on any atom is 0.241 e. The first-order chi connectivity index (χ1) is 15.4. The van der Waals surface area contributed by atoms with Gasteiger partial charge in [-0.3, -0.25) is 14.6 Å². The summed E-state index contributed by atoms with van der Waals surface area (Å²) in [5, 5.41) is 7.05. The number of hydrogen-bond donors (Lipinski definition) is 1. The van der Waals surface area contributed by atoms with Gasteiger partial charge in [0.25, 0.3) is 0 Å². The van der Waals surface area contributed by atoms with Crippen LogP contribution < -0.4 is 5.32 Å². The average Bonchev–Trinajstić information content (AvgIpc) is 3.24. The number of nitrogens with zero attached hydrogens (tertiary/aromatic N) is 4. The van der Waals surface area contributed by atoms with Crippen LogP contribution in [0.15, 0.2) is 47.0 Å². The highest BCUT2D eigenvalue weighted by Gasteiger charge is 2.27. The summed E-state index contributed by atoms with van der Waals surface area (Å²) in [6.07, 6.45) is 0. The lowest BCUT2D eigenvalue weighted by atomic mass is 10.1. The van der Waals surface area contributed by atoms with Gasteiger partial charge in [-0.2, -0.15) is 4.98 Å². The molecule has 2 heterocycles.